The maximum atomic E-state index is 11.2. The molecule has 0 unspecified atom stereocenters. The van der Waals surface area contributed by atoms with Crippen LogP contribution in [0.1, 0.15) is 70.1 Å². The molecule has 3 aromatic rings. The highest BCUT2D eigenvalue weighted by molar-refractivity contribution is 8.12. The third-order valence-corrected chi connectivity index (χ3v) is 7.20. The zero-order valence-electron chi connectivity index (χ0n) is 20.7. The molecule has 0 aliphatic carbocycles. The molecule has 3 heteroatoms. The number of hydrogen-bond acceptors (Lipinski definition) is 3. The summed E-state index contributed by atoms with van der Waals surface area (Å²) in [5.41, 5.74) is 7.64. The second kappa shape index (κ2) is 12.1. The van der Waals surface area contributed by atoms with Gasteiger partial charge in [-0.25, -0.2) is 0 Å². The second-order valence-electron chi connectivity index (χ2n) is 9.00. The molecular weight excluding hydrogens is 422 g/mol. The molecule has 0 atom stereocenters. The topological polar surface area (TPSA) is 20.3 Å². The van der Waals surface area contributed by atoms with Crippen molar-refractivity contribution in [1.82, 2.24) is 0 Å². The summed E-state index contributed by atoms with van der Waals surface area (Å²) in [4.78, 5) is 13.7. The summed E-state index contributed by atoms with van der Waals surface area (Å²) in [6, 6.07) is 27.0. The number of anilines is 1. The SMILES string of the molecule is CCC(CC)c1ccc(N(Cc2cccc(-c3ccc(CSC(C)=O)cc3)c2)C(C)C)cc1. The highest BCUT2D eigenvalue weighted by atomic mass is 32.2. The van der Waals surface area contributed by atoms with Crippen LogP contribution in [0.5, 0.6) is 0 Å². The van der Waals surface area contributed by atoms with E-state index in [2.05, 4.69) is 105 Å². The molecule has 3 rings (SSSR count). The Morgan fingerprint density at radius 3 is 2.09 bits per heavy atom. The lowest BCUT2D eigenvalue weighted by Crippen LogP contribution is -2.30. The Labute approximate surface area is 204 Å². The maximum absolute atomic E-state index is 11.2. The first kappa shape index (κ1) is 25.1. The van der Waals surface area contributed by atoms with Gasteiger partial charge in [0.15, 0.2) is 5.12 Å². The van der Waals surface area contributed by atoms with Gasteiger partial charge in [-0.05, 0) is 78.6 Å². The first-order valence-electron chi connectivity index (χ1n) is 12.1. The third-order valence-electron chi connectivity index (χ3n) is 6.31. The normalized spacial score (nSPS) is 11.2. The summed E-state index contributed by atoms with van der Waals surface area (Å²) < 4.78 is 0. The van der Waals surface area contributed by atoms with Crippen molar-refractivity contribution in [3.05, 3.63) is 89.5 Å². The average molecular weight is 460 g/mol. The summed E-state index contributed by atoms with van der Waals surface area (Å²) in [5.74, 6) is 1.38. The minimum Gasteiger partial charge on any atom is -0.365 e. The molecule has 174 valence electrons. The number of carbonyl (C=O) groups excluding carboxylic acids is 1. The van der Waals surface area contributed by atoms with Crippen LogP contribution in [0.4, 0.5) is 5.69 Å². The Morgan fingerprint density at radius 1 is 0.848 bits per heavy atom. The first-order valence-corrected chi connectivity index (χ1v) is 13.1. The summed E-state index contributed by atoms with van der Waals surface area (Å²) >= 11 is 1.36. The van der Waals surface area contributed by atoms with Gasteiger partial charge in [-0.1, -0.05) is 80.2 Å². The summed E-state index contributed by atoms with van der Waals surface area (Å²) in [6.07, 6.45) is 2.38. The molecule has 2 nitrogen and oxygen atoms in total. The molecule has 0 aliphatic rings. The average Bonchev–Trinajstić information content (AvgIpc) is 2.83. The molecule has 0 saturated heterocycles. The lowest BCUT2D eigenvalue weighted by atomic mass is 9.94. The molecule has 0 radical (unpaired) electrons. The van der Waals surface area contributed by atoms with Crippen LogP contribution in [0.15, 0.2) is 72.8 Å². The van der Waals surface area contributed by atoms with Gasteiger partial charge in [-0.3, -0.25) is 4.79 Å². The number of carbonyl (C=O) groups is 1. The molecule has 0 N–H and O–H groups in total. The van der Waals surface area contributed by atoms with E-state index >= 15 is 0 Å². The molecular formula is C30H37NOS. The van der Waals surface area contributed by atoms with Crippen molar-refractivity contribution in [3.63, 3.8) is 0 Å². The quantitative estimate of drug-likeness (QED) is 0.303. The fourth-order valence-electron chi connectivity index (χ4n) is 4.29. The van der Waals surface area contributed by atoms with Crippen LogP contribution in [0.3, 0.4) is 0 Å². The van der Waals surface area contributed by atoms with Crippen LogP contribution >= 0.6 is 11.8 Å². The van der Waals surface area contributed by atoms with Gasteiger partial charge in [0.25, 0.3) is 0 Å². The van der Waals surface area contributed by atoms with Crippen LogP contribution in [-0.2, 0) is 17.1 Å². The Morgan fingerprint density at radius 2 is 1.52 bits per heavy atom. The van der Waals surface area contributed by atoms with Crippen molar-refractivity contribution in [2.75, 3.05) is 4.90 Å². The summed E-state index contributed by atoms with van der Waals surface area (Å²) in [7, 11) is 0. The highest BCUT2D eigenvalue weighted by Gasteiger charge is 2.13. The van der Waals surface area contributed by atoms with E-state index in [0.717, 1.165) is 12.3 Å². The lowest BCUT2D eigenvalue weighted by Gasteiger charge is -2.30. The van der Waals surface area contributed by atoms with Crippen LogP contribution in [0.25, 0.3) is 11.1 Å². The van der Waals surface area contributed by atoms with Gasteiger partial charge in [0.05, 0.1) is 0 Å². The highest BCUT2D eigenvalue weighted by Crippen LogP contribution is 2.28. The second-order valence-corrected chi connectivity index (χ2v) is 10.2. The molecule has 3 aromatic carbocycles. The molecule has 0 bridgehead atoms. The van der Waals surface area contributed by atoms with Crippen molar-refractivity contribution in [2.24, 2.45) is 0 Å². The van der Waals surface area contributed by atoms with E-state index in [1.54, 1.807) is 6.92 Å². The van der Waals surface area contributed by atoms with E-state index in [0.29, 0.717) is 12.0 Å². The van der Waals surface area contributed by atoms with Gasteiger partial charge in [-0.2, -0.15) is 0 Å². The van der Waals surface area contributed by atoms with E-state index in [1.165, 1.54) is 58.1 Å². The van der Waals surface area contributed by atoms with E-state index in [-0.39, 0.29) is 5.12 Å². The molecule has 33 heavy (non-hydrogen) atoms. The number of nitrogens with zero attached hydrogens (tertiary/aromatic N) is 1. The van der Waals surface area contributed by atoms with Gasteiger partial charge >= 0.3 is 0 Å². The number of thioether (sulfide) groups is 1. The Bertz CT molecular complexity index is 1020. The third kappa shape index (κ3) is 6.98. The zero-order valence-corrected chi connectivity index (χ0v) is 21.5. The van der Waals surface area contributed by atoms with Gasteiger partial charge in [0.2, 0.25) is 0 Å². The van der Waals surface area contributed by atoms with Crippen LogP contribution < -0.4 is 4.90 Å². The van der Waals surface area contributed by atoms with Gasteiger partial charge in [-0.15, -0.1) is 0 Å². The summed E-state index contributed by atoms with van der Waals surface area (Å²) in [5, 5.41) is 0.159. The number of rotatable bonds is 10. The lowest BCUT2D eigenvalue weighted by molar-refractivity contribution is -0.109. The van der Waals surface area contributed by atoms with Crippen molar-refractivity contribution < 1.29 is 4.79 Å². The Balaban J connectivity index is 1.76. The number of benzene rings is 3. The van der Waals surface area contributed by atoms with Crippen LogP contribution in [-0.4, -0.2) is 11.2 Å². The molecule has 0 spiro atoms. The number of hydrogen-bond donors (Lipinski definition) is 0. The Kier molecular flexibility index (Phi) is 9.20. The zero-order chi connectivity index (χ0) is 23.8. The predicted molar refractivity (Wildman–Crippen MR) is 145 cm³/mol. The smallest absolute Gasteiger partial charge is 0.186 e. The molecule has 0 saturated carbocycles. The summed E-state index contributed by atoms with van der Waals surface area (Å²) in [6.45, 7) is 11.6. The van der Waals surface area contributed by atoms with Crippen molar-refractivity contribution >= 4 is 22.6 Å². The molecule has 0 aromatic heterocycles. The van der Waals surface area contributed by atoms with Gasteiger partial charge in [0, 0.05) is 31.0 Å². The fourth-order valence-corrected chi connectivity index (χ4v) is 4.86. The largest absolute Gasteiger partial charge is 0.365 e. The van der Waals surface area contributed by atoms with Crippen molar-refractivity contribution in [2.45, 2.75) is 71.7 Å². The van der Waals surface area contributed by atoms with E-state index < -0.39 is 0 Å². The Hall–Kier alpha value is -2.52. The van der Waals surface area contributed by atoms with Crippen LogP contribution in [0.2, 0.25) is 0 Å². The monoisotopic (exact) mass is 459 g/mol. The van der Waals surface area contributed by atoms with Gasteiger partial charge < -0.3 is 4.90 Å². The molecule has 0 heterocycles. The van der Waals surface area contributed by atoms with Crippen molar-refractivity contribution in [3.8, 4) is 11.1 Å². The molecule has 0 amide bonds. The van der Waals surface area contributed by atoms with Crippen LogP contribution in [0, 0.1) is 0 Å². The first-order chi connectivity index (χ1) is 15.9. The predicted octanol–water partition coefficient (Wildman–Crippen LogP) is 8.45. The van der Waals surface area contributed by atoms with Gasteiger partial charge in [0.1, 0.15) is 0 Å². The van der Waals surface area contributed by atoms with E-state index in [1.807, 2.05) is 0 Å². The molecule has 0 aliphatic heterocycles. The standard InChI is InChI=1S/C30H37NOS/c1-6-26(7-2)27-15-17-30(18-16-27)31(22(3)4)20-25-9-8-10-29(19-25)28-13-11-24(12-14-28)21-33-23(5)32/h8-19,22,26H,6-7,20-21H2,1-5H3. The van der Waals surface area contributed by atoms with Crippen molar-refractivity contribution in [1.29, 1.82) is 0 Å². The van der Waals surface area contributed by atoms with E-state index in [9.17, 15) is 4.79 Å². The maximum Gasteiger partial charge on any atom is 0.186 e. The van der Waals surface area contributed by atoms with E-state index in [4.69, 9.17) is 0 Å². The minimum absolute atomic E-state index is 0.159. The minimum atomic E-state index is 0.159. The fraction of sp³-hybridized carbons (Fsp3) is 0.367. The molecule has 0 fully saturated rings.